The molecule has 2 aliphatic heterocycles. The number of thioether (sulfide) groups is 1. The second-order valence-corrected chi connectivity index (χ2v) is 7.45. The highest BCUT2D eigenvalue weighted by Crippen LogP contribution is 2.33. The van der Waals surface area contributed by atoms with Crippen molar-refractivity contribution in [3.05, 3.63) is 58.4 Å². The molecule has 0 unspecified atom stereocenters. The summed E-state index contributed by atoms with van der Waals surface area (Å²) in [6.45, 7) is 3.95. The Morgan fingerprint density at radius 3 is 2.69 bits per heavy atom. The van der Waals surface area contributed by atoms with Crippen LogP contribution in [-0.2, 0) is 4.79 Å². The standard InChI is InChI=1S/C21H20N4O3S/c1-12-9-14(10-16-19(22)24-7-8-29-21(24)23-20(16)26)13(2)25(12)17-11-15(27-3)5-6-18(17)28-4/h5-11,22H,1-4H3. The fraction of sp³-hybridized carbons (Fsp3) is 0.190. The van der Waals surface area contributed by atoms with E-state index in [0.717, 1.165) is 28.4 Å². The van der Waals surface area contributed by atoms with Gasteiger partial charge in [0.15, 0.2) is 5.17 Å². The van der Waals surface area contributed by atoms with Gasteiger partial charge >= 0.3 is 0 Å². The summed E-state index contributed by atoms with van der Waals surface area (Å²) < 4.78 is 13.0. The van der Waals surface area contributed by atoms with Crippen LogP contribution < -0.4 is 9.47 Å². The third-order valence-corrected chi connectivity index (χ3v) is 5.67. The molecule has 0 saturated carbocycles. The van der Waals surface area contributed by atoms with E-state index < -0.39 is 5.91 Å². The molecule has 148 valence electrons. The average molecular weight is 408 g/mol. The smallest absolute Gasteiger partial charge is 0.283 e. The second kappa shape index (κ2) is 7.29. The first-order valence-electron chi connectivity index (χ1n) is 8.92. The highest BCUT2D eigenvalue weighted by atomic mass is 32.2. The van der Waals surface area contributed by atoms with Crippen molar-refractivity contribution in [3.8, 4) is 17.2 Å². The number of ether oxygens (including phenoxy) is 2. The number of benzene rings is 1. The van der Waals surface area contributed by atoms with Crippen molar-refractivity contribution in [1.82, 2.24) is 9.47 Å². The molecule has 0 fully saturated rings. The molecule has 1 N–H and O–H groups in total. The van der Waals surface area contributed by atoms with Gasteiger partial charge in [-0.25, -0.2) is 0 Å². The van der Waals surface area contributed by atoms with Crippen molar-refractivity contribution in [1.29, 1.82) is 5.41 Å². The van der Waals surface area contributed by atoms with Crippen molar-refractivity contribution in [2.45, 2.75) is 13.8 Å². The predicted octanol–water partition coefficient (Wildman–Crippen LogP) is 3.89. The van der Waals surface area contributed by atoms with E-state index >= 15 is 0 Å². The van der Waals surface area contributed by atoms with Crippen LogP contribution in [0.1, 0.15) is 17.0 Å². The van der Waals surface area contributed by atoms with Crippen molar-refractivity contribution in [2.75, 3.05) is 14.2 Å². The highest BCUT2D eigenvalue weighted by Gasteiger charge is 2.31. The van der Waals surface area contributed by atoms with Gasteiger partial charge in [0.05, 0.1) is 25.5 Å². The Bertz CT molecular complexity index is 1130. The molecule has 2 aromatic rings. The van der Waals surface area contributed by atoms with E-state index in [1.807, 2.05) is 48.1 Å². The van der Waals surface area contributed by atoms with E-state index in [4.69, 9.17) is 14.9 Å². The molecule has 0 spiro atoms. The number of nitrogens with one attached hydrogen (secondary N) is 1. The molecule has 0 bridgehead atoms. The number of amidine groups is 2. The number of rotatable bonds is 4. The minimum Gasteiger partial charge on any atom is -0.497 e. The number of hydrogen-bond acceptors (Lipinski definition) is 5. The molecule has 0 atom stereocenters. The molecule has 4 rings (SSSR count). The van der Waals surface area contributed by atoms with Crippen LogP contribution in [0.25, 0.3) is 11.8 Å². The molecular weight excluding hydrogens is 388 g/mol. The minimum absolute atomic E-state index is 0.130. The number of hydrogen-bond donors (Lipinski definition) is 1. The Balaban J connectivity index is 1.82. The summed E-state index contributed by atoms with van der Waals surface area (Å²) in [4.78, 5) is 18.2. The monoisotopic (exact) mass is 408 g/mol. The number of nitrogens with zero attached hydrogens (tertiary/aromatic N) is 3. The first-order chi connectivity index (χ1) is 13.9. The Morgan fingerprint density at radius 2 is 1.97 bits per heavy atom. The summed E-state index contributed by atoms with van der Waals surface area (Å²) in [5, 5.41) is 10.7. The maximum absolute atomic E-state index is 12.5. The molecular formula is C21H20N4O3S. The third-order valence-electron chi connectivity index (χ3n) is 4.91. The van der Waals surface area contributed by atoms with Crippen LogP contribution >= 0.6 is 11.8 Å². The molecule has 8 heteroatoms. The first-order valence-corrected chi connectivity index (χ1v) is 9.80. The summed E-state index contributed by atoms with van der Waals surface area (Å²) in [6, 6.07) is 7.60. The van der Waals surface area contributed by atoms with E-state index in [0.29, 0.717) is 10.9 Å². The van der Waals surface area contributed by atoms with Crippen molar-refractivity contribution in [2.24, 2.45) is 4.99 Å². The van der Waals surface area contributed by atoms with Crippen LogP contribution in [0.5, 0.6) is 11.5 Å². The van der Waals surface area contributed by atoms with Gasteiger partial charge in [0.2, 0.25) is 0 Å². The Morgan fingerprint density at radius 1 is 1.17 bits per heavy atom. The first kappa shape index (κ1) is 19.1. The number of aromatic nitrogens is 1. The van der Waals surface area contributed by atoms with Gasteiger partial charge in [-0.2, -0.15) is 4.99 Å². The summed E-state index contributed by atoms with van der Waals surface area (Å²) in [5.74, 6) is 1.16. The van der Waals surface area contributed by atoms with Crippen molar-refractivity contribution >= 4 is 34.7 Å². The van der Waals surface area contributed by atoms with Crippen LogP contribution in [0.3, 0.4) is 0 Å². The Labute approximate surface area is 172 Å². The van der Waals surface area contributed by atoms with Gasteiger partial charge in [-0.05, 0) is 49.1 Å². The van der Waals surface area contributed by atoms with Gasteiger partial charge in [0.25, 0.3) is 5.91 Å². The molecule has 29 heavy (non-hydrogen) atoms. The largest absolute Gasteiger partial charge is 0.497 e. The summed E-state index contributed by atoms with van der Waals surface area (Å²) in [6.07, 6.45) is 3.48. The lowest BCUT2D eigenvalue weighted by atomic mass is 10.1. The van der Waals surface area contributed by atoms with Gasteiger partial charge in [-0.15, -0.1) is 0 Å². The molecule has 1 amide bonds. The number of amides is 1. The Hall–Kier alpha value is -3.26. The molecule has 2 aliphatic rings. The van der Waals surface area contributed by atoms with Crippen LogP contribution in [0.2, 0.25) is 0 Å². The van der Waals surface area contributed by atoms with E-state index in [-0.39, 0.29) is 11.4 Å². The quantitative estimate of drug-likeness (QED) is 0.777. The van der Waals surface area contributed by atoms with Crippen LogP contribution in [-0.4, -0.2) is 40.6 Å². The number of aliphatic imine (C=N–C) groups is 1. The topological polar surface area (TPSA) is 79.9 Å². The molecule has 0 aliphatic carbocycles. The molecule has 1 aromatic heterocycles. The summed E-state index contributed by atoms with van der Waals surface area (Å²) in [5.41, 5.74) is 3.84. The normalized spacial score (nSPS) is 17.0. The predicted molar refractivity (Wildman–Crippen MR) is 115 cm³/mol. The van der Waals surface area contributed by atoms with E-state index in [2.05, 4.69) is 4.99 Å². The van der Waals surface area contributed by atoms with Crippen LogP contribution in [0.4, 0.5) is 0 Å². The number of fused-ring (bicyclic) bond motifs is 1. The van der Waals surface area contributed by atoms with Gasteiger partial charge in [-0.3, -0.25) is 15.1 Å². The van der Waals surface area contributed by atoms with E-state index in [9.17, 15) is 4.79 Å². The molecule has 0 radical (unpaired) electrons. The maximum atomic E-state index is 12.5. The zero-order valence-electron chi connectivity index (χ0n) is 16.5. The molecule has 7 nitrogen and oxygen atoms in total. The lowest BCUT2D eigenvalue weighted by molar-refractivity contribution is -0.114. The van der Waals surface area contributed by atoms with Gasteiger partial charge < -0.3 is 14.0 Å². The fourth-order valence-electron chi connectivity index (χ4n) is 3.46. The third kappa shape index (κ3) is 3.15. The highest BCUT2D eigenvalue weighted by molar-refractivity contribution is 8.16. The maximum Gasteiger partial charge on any atom is 0.283 e. The SMILES string of the molecule is COc1ccc(OC)c(-n2c(C)cc(C=C3C(=N)N4C=CSC4=NC3=O)c2C)c1. The second-order valence-electron chi connectivity index (χ2n) is 6.58. The van der Waals surface area contributed by atoms with Gasteiger partial charge in [0.1, 0.15) is 17.3 Å². The molecule has 1 aromatic carbocycles. The number of carbonyl (C=O) groups is 1. The average Bonchev–Trinajstić information content (AvgIpc) is 3.28. The molecule has 0 saturated heterocycles. The van der Waals surface area contributed by atoms with Crippen LogP contribution in [0, 0.1) is 19.3 Å². The van der Waals surface area contributed by atoms with Crippen molar-refractivity contribution < 1.29 is 14.3 Å². The van der Waals surface area contributed by atoms with Crippen LogP contribution in [0.15, 0.2) is 46.4 Å². The van der Waals surface area contributed by atoms with Gasteiger partial charge in [-0.1, -0.05) is 11.8 Å². The number of methoxy groups -OCH3 is 2. The zero-order chi connectivity index (χ0) is 20.7. The summed E-state index contributed by atoms with van der Waals surface area (Å²) >= 11 is 1.33. The Kier molecular flexibility index (Phi) is 4.79. The van der Waals surface area contributed by atoms with Gasteiger partial charge in [0, 0.05) is 23.7 Å². The van der Waals surface area contributed by atoms with E-state index in [1.54, 1.807) is 31.4 Å². The summed E-state index contributed by atoms with van der Waals surface area (Å²) in [7, 11) is 3.25. The number of aryl methyl sites for hydroxylation is 1. The lowest BCUT2D eigenvalue weighted by Crippen LogP contribution is -2.35. The fourth-order valence-corrected chi connectivity index (χ4v) is 4.17. The lowest BCUT2D eigenvalue weighted by Gasteiger charge is -2.22. The molecule has 3 heterocycles. The zero-order valence-corrected chi connectivity index (χ0v) is 17.3. The van der Waals surface area contributed by atoms with E-state index in [1.165, 1.54) is 11.8 Å². The number of carbonyl (C=O) groups excluding carboxylic acids is 1. The van der Waals surface area contributed by atoms with Crippen molar-refractivity contribution in [3.63, 3.8) is 0 Å². The minimum atomic E-state index is -0.402.